The predicted molar refractivity (Wildman–Crippen MR) is 126 cm³/mol. The molecule has 9 heteroatoms. The molecule has 7 nitrogen and oxygen atoms in total. The van der Waals surface area contributed by atoms with Crippen LogP contribution in [0.1, 0.15) is 51.9 Å². The predicted octanol–water partition coefficient (Wildman–Crippen LogP) is 5.21. The zero-order valence-electron chi connectivity index (χ0n) is 18.1. The van der Waals surface area contributed by atoms with Gasteiger partial charge < -0.3 is 15.4 Å². The Hall–Kier alpha value is -2.13. The van der Waals surface area contributed by atoms with Crippen molar-refractivity contribution >= 4 is 45.7 Å². The largest absolute Gasteiger partial charge is 0.497 e. The monoisotopic (exact) mass is 462 g/mol. The molecule has 2 aromatic rings. The number of rotatable bonds is 10. The number of methoxy groups -OCH3 is 1. The minimum atomic E-state index is -0.140. The number of aromatic nitrogens is 2. The van der Waals surface area contributed by atoms with Crippen molar-refractivity contribution in [3.05, 3.63) is 24.3 Å². The van der Waals surface area contributed by atoms with Gasteiger partial charge in [-0.05, 0) is 43.7 Å². The maximum Gasteiger partial charge on any atom is 0.234 e. The van der Waals surface area contributed by atoms with Crippen LogP contribution in [0, 0.1) is 11.8 Å². The number of ether oxygens (including phenoxy) is 1. The fraction of sp³-hybridized carbons (Fsp3) is 0.545. The smallest absolute Gasteiger partial charge is 0.234 e. The molecule has 1 aliphatic carbocycles. The van der Waals surface area contributed by atoms with Gasteiger partial charge in [0, 0.05) is 17.7 Å². The molecule has 31 heavy (non-hydrogen) atoms. The molecule has 0 atom stereocenters. The molecule has 1 aromatic carbocycles. The van der Waals surface area contributed by atoms with Crippen LogP contribution in [-0.4, -0.2) is 34.9 Å². The van der Waals surface area contributed by atoms with Gasteiger partial charge in [-0.2, -0.15) is 0 Å². The molecular weight excluding hydrogens is 432 g/mol. The standard InChI is InChI=1S/C22H30N4O3S2/c1-3-4-6-15-9-11-16(12-10-15)20(28)24-21-25-26-22(31-21)30-14-19(27)23-17-7-5-8-18(13-17)29-2/h5,7-8,13,15-16H,3-4,6,9-12,14H2,1-2H3,(H,23,27)(H,24,25,28). The number of carbonyl (C=O) groups is 2. The number of anilines is 2. The minimum Gasteiger partial charge on any atom is -0.497 e. The SMILES string of the molecule is CCCCC1CCC(C(=O)Nc2nnc(SCC(=O)Nc3cccc(OC)c3)s2)CC1. The van der Waals surface area contributed by atoms with Crippen molar-refractivity contribution in [2.75, 3.05) is 23.5 Å². The van der Waals surface area contributed by atoms with Gasteiger partial charge in [-0.25, -0.2) is 0 Å². The number of nitrogens with zero attached hydrogens (tertiary/aromatic N) is 2. The Labute approximate surface area is 191 Å². The molecule has 2 amide bonds. The van der Waals surface area contributed by atoms with Crippen molar-refractivity contribution in [3.8, 4) is 5.75 Å². The van der Waals surface area contributed by atoms with Gasteiger partial charge in [0.05, 0.1) is 12.9 Å². The summed E-state index contributed by atoms with van der Waals surface area (Å²) in [5.74, 6) is 1.63. The van der Waals surface area contributed by atoms with Crippen molar-refractivity contribution in [2.24, 2.45) is 11.8 Å². The summed E-state index contributed by atoms with van der Waals surface area (Å²) in [4.78, 5) is 24.7. The van der Waals surface area contributed by atoms with Gasteiger partial charge in [0.2, 0.25) is 16.9 Å². The second-order valence-electron chi connectivity index (χ2n) is 7.79. The topological polar surface area (TPSA) is 93.2 Å². The first-order valence-corrected chi connectivity index (χ1v) is 12.6. The van der Waals surface area contributed by atoms with E-state index in [1.54, 1.807) is 19.2 Å². The maximum absolute atomic E-state index is 12.6. The first-order chi connectivity index (χ1) is 15.1. The van der Waals surface area contributed by atoms with E-state index in [4.69, 9.17) is 4.74 Å². The molecule has 0 spiro atoms. The van der Waals surface area contributed by atoms with E-state index in [1.807, 2.05) is 12.1 Å². The van der Waals surface area contributed by atoms with Gasteiger partial charge in [-0.1, -0.05) is 55.4 Å². The summed E-state index contributed by atoms with van der Waals surface area (Å²) in [7, 11) is 1.58. The second-order valence-corrected chi connectivity index (χ2v) is 9.99. The summed E-state index contributed by atoms with van der Waals surface area (Å²) in [6.45, 7) is 2.22. The van der Waals surface area contributed by atoms with Crippen LogP contribution in [0.5, 0.6) is 5.75 Å². The molecule has 0 bridgehead atoms. The Kier molecular flexibility index (Phi) is 9.14. The van der Waals surface area contributed by atoms with Crippen LogP contribution in [0.25, 0.3) is 0 Å². The zero-order chi connectivity index (χ0) is 22.1. The highest BCUT2D eigenvalue weighted by Gasteiger charge is 2.26. The second kappa shape index (κ2) is 12.0. The third-order valence-corrected chi connectivity index (χ3v) is 7.47. The van der Waals surface area contributed by atoms with Gasteiger partial charge in [0.1, 0.15) is 5.75 Å². The molecule has 0 radical (unpaired) electrons. The van der Waals surface area contributed by atoms with Gasteiger partial charge in [-0.15, -0.1) is 10.2 Å². The number of hydrogen-bond acceptors (Lipinski definition) is 7. The lowest BCUT2D eigenvalue weighted by atomic mass is 9.79. The van der Waals surface area contributed by atoms with Gasteiger partial charge >= 0.3 is 0 Å². The molecule has 168 valence electrons. The number of unbranched alkanes of at least 4 members (excludes halogenated alkanes) is 1. The number of hydrogen-bond donors (Lipinski definition) is 2. The van der Waals surface area contributed by atoms with Crippen molar-refractivity contribution in [1.29, 1.82) is 0 Å². The van der Waals surface area contributed by atoms with Gasteiger partial charge in [0.15, 0.2) is 4.34 Å². The van der Waals surface area contributed by atoms with Gasteiger partial charge in [-0.3, -0.25) is 9.59 Å². The molecular formula is C22H30N4O3S2. The van der Waals surface area contributed by atoms with E-state index < -0.39 is 0 Å². The molecule has 0 saturated heterocycles. The quantitative estimate of drug-likeness (QED) is 0.372. The lowest BCUT2D eigenvalue weighted by molar-refractivity contribution is -0.121. The molecule has 3 rings (SSSR count). The molecule has 1 aromatic heterocycles. The number of nitrogens with one attached hydrogen (secondary N) is 2. The summed E-state index contributed by atoms with van der Waals surface area (Å²) in [5.41, 5.74) is 0.680. The molecule has 0 unspecified atom stereocenters. The highest BCUT2D eigenvalue weighted by molar-refractivity contribution is 8.01. The first-order valence-electron chi connectivity index (χ1n) is 10.8. The molecule has 1 saturated carbocycles. The fourth-order valence-electron chi connectivity index (χ4n) is 3.76. The molecule has 1 aliphatic rings. The number of amides is 2. The highest BCUT2D eigenvalue weighted by Crippen LogP contribution is 2.33. The molecule has 0 aliphatic heterocycles. The Morgan fingerprint density at radius 3 is 2.74 bits per heavy atom. The maximum atomic E-state index is 12.6. The lowest BCUT2D eigenvalue weighted by Gasteiger charge is -2.27. The average molecular weight is 463 g/mol. The normalized spacial score (nSPS) is 18.4. The van der Waals surface area contributed by atoms with E-state index in [-0.39, 0.29) is 23.5 Å². The van der Waals surface area contributed by atoms with E-state index in [2.05, 4.69) is 27.8 Å². The van der Waals surface area contributed by atoms with E-state index in [0.29, 0.717) is 20.9 Å². The number of benzene rings is 1. The van der Waals surface area contributed by atoms with Crippen molar-refractivity contribution in [2.45, 2.75) is 56.2 Å². The Balaban J connectivity index is 1.40. The Morgan fingerprint density at radius 2 is 2.00 bits per heavy atom. The van der Waals surface area contributed by atoms with E-state index in [9.17, 15) is 9.59 Å². The highest BCUT2D eigenvalue weighted by atomic mass is 32.2. The lowest BCUT2D eigenvalue weighted by Crippen LogP contribution is -2.27. The number of carbonyl (C=O) groups excluding carboxylic acids is 2. The fourth-order valence-corrected chi connectivity index (χ4v) is 5.31. The van der Waals surface area contributed by atoms with Crippen LogP contribution in [0.4, 0.5) is 10.8 Å². The Morgan fingerprint density at radius 1 is 1.19 bits per heavy atom. The molecule has 2 N–H and O–H groups in total. The van der Waals surface area contributed by atoms with Crippen LogP contribution in [0.3, 0.4) is 0 Å². The Bertz CT molecular complexity index is 866. The van der Waals surface area contributed by atoms with Crippen LogP contribution in [0.2, 0.25) is 0 Å². The van der Waals surface area contributed by atoms with Crippen LogP contribution >= 0.6 is 23.1 Å². The van der Waals surface area contributed by atoms with E-state index in [0.717, 1.165) is 31.6 Å². The molecule has 1 fully saturated rings. The summed E-state index contributed by atoms with van der Waals surface area (Å²) in [6, 6.07) is 7.21. The summed E-state index contributed by atoms with van der Waals surface area (Å²) in [6.07, 6.45) is 7.98. The third-order valence-electron chi connectivity index (χ3n) is 5.50. The minimum absolute atomic E-state index is 0.0393. The van der Waals surface area contributed by atoms with Gasteiger partial charge in [0.25, 0.3) is 0 Å². The van der Waals surface area contributed by atoms with E-state index in [1.165, 1.54) is 42.4 Å². The van der Waals surface area contributed by atoms with Crippen LogP contribution in [-0.2, 0) is 9.59 Å². The molecule has 1 heterocycles. The van der Waals surface area contributed by atoms with Crippen molar-refractivity contribution < 1.29 is 14.3 Å². The summed E-state index contributed by atoms with van der Waals surface area (Å²) < 4.78 is 5.81. The van der Waals surface area contributed by atoms with Crippen molar-refractivity contribution in [3.63, 3.8) is 0 Å². The first kappa shape index (κ1) is 23.5. The average Bonchev–Trinajstić information content (AvgIpc) is 3.24. The third kappa shape index (κ3) is 7.50. The van der Waals surface area contributed by atoms with Crippen LogP contribution in [0.15, 0.2) is 28.6 Å². The summed E-state index contributed by atoms with van der Waals surface area (Å²) >= 11 is 2.60. The van der Waals surface area contributed by atoms with Crippen LogP contribution < -0.4 is 15.4 Å². The zero-order valence-corrected chi connectivity index (χ0v) is 19.7. The summed E-state index contributed by atoms with van der Waals surface area (Å²) in [5, 5.41) is 14.4. The van der Waals surface area contributed by atoms with Crippen molar-refractivity contribution in [1.82, 2.24) is 10.2 Å². The van der Waals surface area contributed by atoms with E-state index >= 15 is 0 Å². The number of thioether (sulfide) groups is 1.